The van der Waals surface area contributed by atoms with E-state index in [0.717, 1.165) is 0 Å². The molecule has 3 aromatic rings. The van der Waals surface area contributed by atoms with E-state index in [4.69, 9.17) is 0 Å². The van der Waals surface area contributed by atoms with Crippen LogP contribution in [0.3, 0.4) is 0 Å². The SMILES string of the molecule is Cn1ccnc1C1(CNC(=O)c2cnn(-c3ccc(F)cc3)c2)NC(=O)NC1=O. The summed E-state index contributed by atoms with van der Waals surface area (Å²) in [6.07, 6.45) is 5.94. The molecule has 10 nitrogen and oxygen atoms in total. The zero-order chi connectivity index (χ0) is 20.6. The molecule has 0 bridgehead atoms. The second-order valence-electron chi connectivity index (χ2n) is 6.51. The summed E-state index contributed by atoms with van der Waals surface area (Å²) in [4.78, 5) is 41.0. The monoisotopic (exact) mass is 397 g/mol. The van der Waals surface area contributed by atoms with Crippen LogP contribution in [-0.4, -0.2) is 43.7 Å². The molecule has 1 aliphatic rings. The smallest absolute Gasteiger partial charge is 0.322 e. The van der Waals surface area contributed by atoms with Gasteiger partial charge in [-0.3, -0.25) is 14.9 Å². The Labute approximate surface area is 163 Å². The average molecular weight is 397 g/mol. The van der Waals surface area contributed by atoms with E-state index in [9.17, 15) is 18.8 Å². The minimum Gasteiger partial charge on any atom is -0.349 e. The van der Waals surface area contributed by atoms with Crippen molar-refractivity contribution in [1.29, 1.82) is 0 Å². The molecule has 1 fully saturated rings. The molecule has 0 radical (unpaired) electrons. The fourth-order valence-electron chi connectivity index (χ4n) is 3.12. The molecule has 1 saturated heterocycles. The number of carbonyl (C=O) groups is 3. The van der Waals surface area contributed by atoms with Gasteiger partial charge in [0, 0.05) is 25.6 Å². The van der Waals surface area contributed by atoms with Crippen molar-refractivity contribution in [3.05, 3.63) is 66.3 Å². The van der Waals surface area contributed by atoms with Crippen LogP contribution in [0.4, 0.5) is 9.18 Å². The molecule has 0 spiro atoms. The van der Waals surface area contributed by atoms with E-state index in [0.29, 0.717) is 5.69 Å². The summed E-state index contributed by atoms with van der Waals surface area (Å²) in [6.45, 7) is -0.212. The van der Waals surface area contributed by atoms with Crippen LogP contribution in [0.2, 0.25) is 0 Å². The van der Waals surface area contributed by atoms with Crippen molar-refractivity contribution in [3.8, 4) is 5.69 Å². The molecule has 3 heterocycles. The number of rotatable bonds is 5. The molecule has 0 saturated carbocycles. The van der Waals surface area contributed by atoms with Gasteiger partial charge in [0.1, 0.15) is 11.6 Å². The van der Waals surface area contributed by atoms with Crippen molar-refractivity contribution in [3.63, 3.8) is 0 Å². The van der Waals surface area contributed by atoms with Crippen LogP contribution in [0.15, 0.2) is 49.1 Å². The molecule has 1 aromatic carbocycles. The molecule has 4 rings (SSSR count). The van der Waals surface area contributed by atoms with Gasteiger partial charge in [-0.2, -0.15) is 5.10 Å². The maximum Gasteiger partial charge on any atom is 0.322 e. The zero-order valence-electron chi connectivity index (χ0n) is 15.2. The van der Waals surface area contributed by atoms with Crippen molar-refractivity contribution in [2.24, 2.45) is 7.05 Å². The van der Waals surface area contributed by atoms with Crippen molar-refractivity contribution >= 4 is 17.8 Å². The van der Waals surface area contributed by atoms with Gasteiger partial charge in [0.05, 0.1) is 24.0 Å². The van der Waals surface area contributed by atoms with Gasteiger partial charge in [-0.25, -0.2) is 18.9 Å². The summed E-state index contributed by atoms with van der Waals surface area (Å²) in [6, 6.07) is 4.96. The fourth-order valence-corrected chi connectivity index (χ4v) is 3.12. The van der Waals surface area contributed by atoms with Gasteiger partial charge < -0.3 is 15.2 Å². The summed E-state index contributed by atoms with van der Waals surface area (Å²) >= 11 is 0. The predicted octanol–water partition coefficient (Wildman–Crippen LogP) is 0.210. The highest BCUT2D eigenvalue weighted by molar-refractivity contribution is 6.07. The summed E-state index contributed by atoms with van der Waals surface area (Å²) in [7, 11) is 1.68. The molecule has 4 amide bonds. The van der Waals surface area contributed by atoms with Gasteiger partial charge >= 0.3 is 6.03 Å². The van der Waals surface area contributed by atoms with E-state index in [1.165, 1.54) is 47.5 Å². The zero-order valence-corrected chi connectivity index (χ0v) is 15.2. The maximum absolute atomic E-state index is 13.1. The lowest BCUT2D eigenvalue weighted by Crippen LogP contribution is -2.54. The normalized spacial score (nSPS) is 18.4. The van der Waals surface area contributed by atoms with Crippen molar-refractivity contribution in [1.82, 2.24) is 35.3 Å². The van der Waals surface area contributed by atoms with Crippen LogP contribution in [0.5, 0.6) is 0 Å². The molecule has 2 aromatic heterocycles. The number of hydrogen-bond donors (Lipinski definition) is 3. The van der Waals surface area contributed by atoms with E-state index < -0.39 is 23.4 Å². The van der Waals surface area contributed by atoms with Crippen LogP contribution in [0, 0.1) is 5.82 Å². The van der Waals surface area contributed by atoms with Crippen molar-refractivity contribution in [2.45, 2.75) is 5.54 Å². The number of aromatic nitrogens is 4. The Bertz CT molecular complexity index is 1100. The predicted molar refractivity (Wildman–Crippen MR) is 97.4 cm³/mol. The van der Waals surface area contributed by atoms with Gasteiger partial charge in [0.2, 0.25) is 0 Å². The van der Waals surface area contributed by atoms with E-state index in [-0.39, 0.29) is 23.7 Å². The van der Waals surface area contributed by atoms with Gasteiger partial charge in [0.15, 0.2) is 5.54 Å². The molecule has 148 valence electrons. The Morgan fingerprint density at radius 2 is 2.03 bits per heavy atom. The Morgan fingerprint density at radius 3 is 2.66 bits per heavy atom. The van der Waals surface area contributed by atoms with Gasteiger partial charge in [-0.1, -0.05) is 0 Å². The third-order valence-electron chi connectivity index (χ3n) is 4.59. The van der Waals surface area contributed by atoms with E-state index in [2.05, 4.69) is 26.0 Å². The lowest BCUT2D eigenvalue weighted by Gasteiger charge is -2.25. The number of nitrogens with one attached hydrogen (secondary N) is 3. The second kappa shape index (κ2) is 6.86. The second-order valence-corrected chi connectivity index (χ2v) is 6.51. The minimum absolute atomic E-state index is 0.212. The fraction of sp³-hybridized carbons (Fsp3) is 0.167. The molecule has 1 aliphatic heterocycles. The number of urea groups is 1. The summed E-state index contributed by atoms with van der Waals surface area (Å²) in [5, 5.41) is 11.5. The van der Waals surface area contributed by atoms with E-state index in [1.807, 2.05) is 0 Å². The summed E-state index contributed by atoms with van der Waals surface area (Å²) in [5.41, 5.74) is -0.718. The number of benzene rings is 1. The van der Waals surface area contributed by atoms with Crippen molar-refractivity contribution < 1.29 is 18.8 Å². The molecule has 1 atom stereocenters. The lowest BCUT2D eigenvalue weighted by atomic mass is 9.98. The highest BCUT2D eigenvalue weighted by atomic mass is 19.1. The largest absolute Gasteiger partial charge is 0.349 e. The quantitative estimate of drug-likeness (QED) is 0.531. The Balaban J connectivity index is 1.54. The average Bonchev–Trinajstić information content (AvgIpc) is 3.40. The van der Waals surface area contributed by atoms with Crippen LogP contribution < -0.4 is 16.0 Å². The number of imidazole rings is 1. The van der Waals surface area contributed by atoms with Crippen LogP contribution >= 0.6 is 0 Å². The number of imide groups is 1. The highest BCUT2D eigenvalue weighted by Crippen LogP contribution is 2.22. The first-order chi connectivity index (χ1) is 13.9. The van der Waals surface area contributed by atoms with Crippen LogP contribution in [0.25, 0.3) is 5.69 Å². The van der Waals surface area contributed by atoms with Gasteiger partial charge in [-0.15, -0.1) is 0 Å². The molecule has 0 aliphatic carbocycles. The van der Waals surface area contributed by atoms with Crippen molar-refractivity contribution in [2.75, 3.05) is 6.54 Å². The van der Waals surface area contributed by atoms with Gasteiger partial charge in [0.25, 0.3) is 11.8 Å². The van der Waals surface area contributed by atoms with Gasteiger partial charge in [-0.05, 0) is 24.3 Å². The number of carbonyl (C=O) groups excluding carboxylic acids is 3. The molecule has 11 heteroatoms. The Morgan fingerprint density at radius 1 is 1.28 bits per heavy atom. The third-order valence-corrected chi connectivity index (χ3v) is 4.59. The number of nitrogens with zero attached hydrogens (tertiary/aromatic N) is 4. The lowest BCUT2D eigenvalue weighted by molar-refractivity contribution is -0.124. The molecule has 3 N–H and O–H groups in total. The standard InChI is InChI=1S/C18H16FN7O3/c1-25-7-6-20-15(25)18(16(28)23-17(29)24-18)10-21-14(27)11-8-22-26(9-11)13-4-2-12(19)3-5-13/h2-9H,10H2,1H3,(H,21,27)(H2,23,24,28,29). The van der Waals surface area contributed by atoms with E-state index in [1.54, 1.807) is 17.8 Å². The summed E-state index contributed by atoms with van der Waals surface area (Å²) in [5.74, 6) is -1.21. The first kappa shape index (κ1) is 18.3. The molecular formula is C18H16FN7O3. The minimum atomic E-state index is -1.53. The topological polar surface area (TPSA) is 123 Å². The number of amides is 4. The molecule has 29 heavy (non-hydrogen) atoms. The Kier molecular flexibility index (Phi) is 4.34. The first-order valence-electron chi connectivity index (χ1n) is 8.59. The number of hydrogen-bond acceptors (Lipinski definition) is 5. The number of aryl methyl sites for hydroxylation is 1. The first-order valence-corrected chi connectivity index (χ1v) is 8.59. The number of halogens is 1. The highest BCUT2D eigenvalue weighted by Gasteiger charge is 2.50. The third kappa shape index (κ3) is 3.22. The van der Waals surface area contributed by atoms with Crippen LogP contribution in [0.1, 0.15) is 16.2 Å². The summed E-state index contributed by atoms with van der Waals surface area (Å²) < 4.78 is 16.1. The molecule has 1 unspecified atom stereocenters. The van der Waals surface area contributed by atoms with Crippen LogP contribution in [-0.2, 0) is 17.4 Å². The molecular weight excluding hydrogens is 381 g/mol. The maximum atomic E-state index is 13.1. The van der Waals surface area contributed by atoms with E-state index >= 15 is 0 Å². The Hall–Kier alpha value is -4.02.